The fourth-order valence-corrected chi connectivity index (χ4v) is 3.69. The number of rotatable bonds is 4. The number of halogens is 1. The number of nitrogens with zero attached hydrogens (tertiary/aromatic N) is 3. The van der Waals surface area contributed by atoms with Crippen LogP contribution in [0.1, 0.15) is 24.1 Å². The maximum Gasteiger partial charge on any atom is 0.150 e. The second-order valence-electron chi connectivity index (χ2n) is 6.66. The summed E-state index contributed by atoms with van der Waals surface area (Å²) < 4.78 is 0. The number of nitrogens with one attached hydrogen (secondary N) is 2. The SMILES string of the molecule is Cc1cc(N2CCC(NCc3ccc(Cl)c4cccnc34)CC2)n[nH]1. The molecule has 1 aliphatic heterocycles. The Kier molecular flexibility index (Phi) is 4.59. The molecule has 3 heterocycles. The Labute approximate surface area is 152 Å². The van der Waals surface area contributed by atoms with Crippen molar-refractivity contribution in [1.29, 1.82) is 0 Å². The molecule has 5 nitrogen and oxygen atoms in total. The highest BCUT2D eigenvalue weighted by molar-refractivity contribution is 6.35. The van der Waals surface area contributed by atoms with Crippen LogP contribution in [0.4, 0.5) is 5.82 Å². The summed E-state index contributed by atoms with van der Waals surface area (Å²) >= 11 is 6.28. The summed E-state index contributed by atoms with van der Waals surface area (Å²) in [7, 11) is 0. The average molecular weight is 356 g/mol. The Balaban J connectivity index is 1.38. The first-order valence-corrected chi connectivity index (χ1v) is 9.11. The van der Waals surface area contributed by atoms with Crippen molar-refractivity contribution >= 4 is 28.3 Å². The summed E-state index contributed by atoms with van der Waals surface area (Å²) in [6.07, 6.45) is 4.06. The summed E-state index contributed by atoms with van der Waals surface area (Å²) in [5.41, 5.74) is 3.30. The van der Waals surface area contributed by atoms with E-state index in [0.717, 1.165) is 59.9 Å². The van der Waals surface area contributed by atoms with Crippen molar-refractivity contribution in [3.63, 3.8) is 0 Å². The zero-order chi connectivity index (χ0) is 17.2. The normalized spacial score (nSPS) is 15.8. The van der Waals surface area contributed by atoms with E-state index >= 15 is 0 Å². The third kappa shape index (κ3) is 3.48. The van der Waals surface area contributed by atoms with Gasteiger partial charge in [-0.25, -0.2) is 0 Å². The Morgan fingerprint density at radius 1 is 1.28 bits per heavy atom. The zero-order valence-corrected chi connectivity index (χ0v) is 15.1. The second kappa shape index (κ2) is 7.02. The van der Waals surface area contributed by atoms with Crippen molar-refractivity contribution in [3.8, 4) is 0 Å². The number of anilines is 1. The summed E-state index contributed by atoms with van der Waals surface area (Å²) in [5, 5.41) is 12.8. The van der Waals surface area contributed by atoms with Gasteiger partial charge in [0.05, 0.1) is 5.52 Å². The minimum atomic E-state index is 0.519. The molecule has 2 aromatic heterocycles. The fourth-order valence-electron chi connectivity index (χ4n) is 3.47. The van der Waals surface area contributed by atoms with Gasteiger partial charge in [0.15, 0.2) is 5.82 Å². The second-order valence-corrected chi connectivity index (χ2v) is 7.06. The van der Waals surface area contributed by atoms with Crippen LogP contribution in [0.5, 0.6) is 0 Å². The molecule has 2 N–H and O–H groups in total. The van der Waals surface area contributed by atoms with E-state index in [4.69, 9.17) is 11.6 Å². The fraction of sp³-hybridized carbons (Fsp3) is 0.368. The first-order chi connectivity index (χ1) is 12.2. The van der Waals surface area contributed by atoms with E-state index < -0.39 is 0 Å². The maximum atomic E-state index is 6.28. The molecule has 130 valence electrons. The Bertz CT molecular complexity index is 867. The van der Waals surface area contributed by atoms with E-state index in [1.165, 1.54) is 5.56 Å². The van der Waals surface area contributed by atoms with Crippen molar-refractivity contribution in [2.45, 2.75) is 32.4 Å². The summed E-state index contributed by atoms with van der Waals surface area (Å²) in [5.74, 6) is 1.06. The van der Waals surface area contributed by atoms with Gasteiger partial charge >= 0.3 is 0 Å². The monoisotopic (exact) mass is 355 g/mol. The molecule has 6 heteroatoms. The lowest BCUT2D eigenvalue weighted by atomic mass is 10.0. The molecular weight excluding hydrogens is 334 g/mol. The molecule has 0 saturated carbocycles. The van der Waals surface area contributed by atoms with Crippen LogP contribution in [0.2, 0.25) is 5.02 Å². The molecule has 0 radical (unpaired) electrons. The van der Waals surface area contributed by atoms with Crippen LogP contribution in [0.25, 0.3) is 10.9 Å². The minimum Gasteiger partial charge on any atom is -0.355 e. The van der Waals surface area contributed by atoms with Crippen molar-refractivity contribution < 1.29 is 0 Å². The maximum absolute atomic E-state index is 6.28. The number of aromatic amines is 1. The van der Waals surface area contributed by atoms with E-state index in [0.29, 0.717) is 6.04 Å². The third-order valence-electron chi connectivity index (χ3n) is 4.89. The largest absolute Gasteiger partial charge is 0.355 e. The lowest BCUT2D eigenvalue weighted by molar-refractivity contribution is 0.413. The first-order valence-electron chi connectivity index (χ1n) is 8.73. The van der Waals surface area contributed by atoms with Crippen molar-refractivity contribution in [2.75, 3.05) is 18.0 Å². The molecule has 0 atom stereocenters. The lowest BCUT2D eigenvalue weighted by Crippen LogP contribution is -2.42. The average Bonchev–Trinajstić information content (AvgIpc) is 3.08. The molecule has 1 saturated heterocycles. The van der Waals surface area contributed by atoms with Gasteiger partial charge in [-0.15, -0.1) is 0 Å². The predicted octanol–water partition coefficient (Wildman–Crippen LogP) is 3.68. The topological polar surface area (TPSA) is 56.8 Å². The highest BCUT2D eigenvalue weighted by Gasteiger charge is 2.20. The molecule has 25 heavy (non-hydrogen) atoms. The third-order valence-corrected chi connectivity index (χ3v) is 5.22. The quantitative estimate of drug-likeness (QED) is 0.749. The highest BCUT2D eigenvalue weighted by Crippen LogP contribution is 2.25. The number of hydrogen-bond donors (Lipinski definition) is 2. The molecule has 0 unspecified atom stereocenters. The number of aryl methyl sites for hydroxylation is 1. The van der Waals surface area contributed by atoms with Crippen LogP contribution < -0.4 is 10.2 Å². The standard InChI is InChI=1S/C19H22ClN5/c1-13-11-18(24-23-13)25-9-6-15(7-10-25)22-12-14-4-5-17(20)16-3-2-8-21-19(14)16/h2-5,8,11,15,22H,6-7,9-10,12H2,1H3,(H,23,24). The van der Waals surface area contributed by atoms with Gasteiger partial charge in [0.1, 0.15) is 0 Å². The lowest BCUT2D eigenvalue weighted by Gasteiger charge is -2.32. The van der Waals surface area contributed by atoms with E-state index in [9.17, 15) is 0 Å². The van der Waals surface area contributed by atoms with Gasteiger partial charge in [-0.3, -0.25) is 10.1 Å². The number of hydrogen-bond acceptors (Lipinski definition) is 4. The Morgan fingerprint density at radius 3 is 2.88 bits per heavy atom. The molecule has 1 aliphatic rings. The Hall–Kier alpha value is -2.11. The van der Waals surface area contributed by atoms with Crippen LogP contribution in [0, 0.1) is 6.92 Å². The van der Waals surface area contributed by atoms with Crippen LogP contribution in [-0.2, 0) is 6.54 Å². The van der Waals surface area contributed by atoms with Gasteiger partial charge in [0.25, 0.3) is 0 Å². The minimum absolute atomic E-state index is 0.519. The summed E-state index contributed by atoms with van der Waals surface area (Å²) in [4.78, 5) is 6.86. The summed E-state index contributed by atoms with van der Waals surface area (Å²) in [6.45, 7) is 4.91. The number of pyridine rings is 1. The molecule has 0 bridgehead atoms. The number of aromatic nitrogens is 3. The van der Waals surface area contributed by atoms with Gasteiger partial charge in [-0.2, -0.15) is 5.10 Å². The number of H-pyrrole nitrogens is 1. The van der Waals surface area contributed by atoms with E-state index in [-0.39, 0.29) is 0 Å². The molecule has 1 fully saturated rings. The van der Waals surface area contributed by atoms with Gasteiger partial charge in [-0.05, 0) is 43.5 Å². The summed E-state index contributed by atoms with van der Waals surface area (Å²) in [6, 6.07) is 10.6. The van der Waals surface area contributed by atoms with E-state index in [1.807, 2.05) is 31.3 Å². The first kappa shape index (κ1) is 16.4. The molecular formula is C19H22ClN5. The van der Waals surface area contributed by atoms with Gasteiger partial charge in [-0.1, -0.05) is 17.7 Å². The van der Waals surface area contributed by atoms with Crippen molar-refractivity contribution in [3.05, 3.63) is 52.8 Å². The molecule has 3 aromatic rings. The smallest absolute Gasteiger partial charge is 0.150 e. The highest BCUT2D eigenvalue weighted by atomic mass is 35.5. The van der Waals surface area contributed by atoms with Gasteiger partial charge < -0.3 is 10.2 Å². The number of benzene rings is 1. The van der Waals surface area contributed by atoms with Crippen LogP contribution in [-0.4, -0.2) is 34.3 Å². The predicted molar refractivity (Wildman–Crippen MR) is 102 cm³/mol. The van der Waals surface area contributed by atoms with Crippen molar-refractivity contribution in [1.82, 2.24) is 20.5 Å². The molecule has 4 rings (SSSR count). The van der Waals surface area contributed by atoms with Crippen LogP contribution in [0.3, 0.4) is 0 Å². The molecule has 0 amide bonds. The van der Waals surface area contributed by atoms with Crippen LogP contribution in [0.15, 0.2) is 36.5 Å². The molecule has 0 aliphatic carbocycles. The molecule has 0 spiro atoms. The molecule has 1 aromatic carbocycles. The van der Waals surface area contributed by atoms with Crippen molar-refractivity contribution in [2.24, 2.45) is 0 Å². The zero-order valence-electron chi connectivity index (χ0n) is 14.3. The van der Waals surface area contributed by atoms with Gasteiger partial charge in [0, 0.05) is 54.0 Å². The van der Waals surface area contributed by atoms with E-state index in [1.54, 1.807) is 0 Å². The number of fused-ring (bicyclic) bond motifs is 1. The van der Waals surface area contributed by atoms with E-state index in [2.05, 4.69) is 37.5 Å². The van der Waals surface area contributed by atoms with Crippen LogP contribution >= 0.6 is 11.6 Å². The number of piperidine rings is 1. The Morgan fingerprint density at radius 2 is 2.12 bits per heavy atom. The van der Waals surface area contributed by atoms with Gasteiger partial charge in [0.2, 0.25) is 0 Å².